The molecule has 6 heteroatoms. The number of hydrogen-bond acceptors (Lipinski definition) is 5. The highest BCUT2D eigenvalue weighted by atomic mass is 16.5. The molecule has 1 saturated heterocycles. The molecule has 29 heavy (non-hydrogen) atoms. The number of ether oxygens (including phenoxy) is 1. The van der Waals surface area contributed by atoms with E-state index in [1.807, 2.05) is 49.4 Å². The maximum absolute atomic E-state index is 12.9. The normalized spacial score (nSPS) is 14.5. The Labute approximate surface area is 170 Å². The lowest BCUT2D eigenvalue weighted by Gasteiger charge is -2.31. The summed E-state index contributed by atoms with van der Waals surface area (Å²) in [7, 11) is 0. The Kier molecular flexibility index (Phi) is 6.94. The lowest BCUT2D eigenvalue weighted by Crippen LogP contribution is -2.37. The second-order valence-electron chi connectivity index (χ2n) is 6.75. The van der Waals surface area contributed by atoms with Gasteiger partial charge in [-0.05, 0) is 47.9 Å². The third kappa shape index (κ3) is 5.40. The van der Waals surface area contributed by atoms with Crippen molar-refractivity contribution in [2.45, 2.75) is 6.92 Å². The first-order valence-corrected chi connectivity index (χ1v) is 9.45. The topological polar surface area (TPSA) is 78.9 Å². The molecule has 150 valence electrons. The molecule has 0 unspecified atom stereocenters. The summed E-state index contributed by atoms with van der Waals surface area (Å²) in [5, 5.41) is 8.55. The summed E-state index contributed by atoms with van der Waals surface area (Å²) in [6.07, 6.45) is 6.15. The van der Waals surface area contributed by atoms with Gasteiger partial charge in [0.1, 0.15) is 0 Å². The summed E-state index contributed by atoms with van der Waals surface area (Å²) in [4.78, 5) is 26.3. The number of morpholine rings is 1. The van der Waals surface area contributed by atoms with Gasteiger partial charge in [-0.2, -0.15) is 0 Å². The number of carbonyl (C=O) groups excluding carboxylic acids is 2. The van der Waals surface area contributed by atoms with Crippen LogP contribution in [-0.4, -0.2) is 43.2 Å². The van der Waals surface area contributed by atoms with Crippen LogP contribution in [-0.2, 0) is 9.53 Å². The van der Waals surface area contributed by atoms with Gasteiger partial charge < -0.3 is 9.64 Å². The number of carbonyl (C=O) groups is 2. The zero-order chi connectivity index (χ0) is 20.6. The molecule has 0 bridgehead atoms. The quantitative estimate of drug-likeness (QED) is 0.341. The van der Waals surface area contributed by atoms with Crippen molar-refractivity contribution in [3.8, 4) is 0 Å². The van der Waals surface area contributed by atoms with E-state index in [9.17, 15) is 9.59 Å². The molecule has 2 N–H and O–H groups in total. The predicted octanol–water partition coefficient (Wildman–Crippen LogP) is 3.25. The van der Waals surface area contributed by atoms with E-state index in [0.717, 1.165) is 35.5 Å². The second-order valence-corrected chi connectivity index (χ2v) is 6.75. The van der Waals surface area contributed by atoms with Gasteiger partial charge in [-0.25, -0.2) is 5.48 Å². The highest BCUT2D eigenvalue weighted by molar-refractivity contribution is 6.11. The van der Waals surface area contributed by atoms with Gasteiger partial charge in [0.2, 0.25) is 0 Å². The average Bonchev–Trinajstić information content (AvgIpc) is 2.76. The van der Waals surface area contributed by atoms with Gasteiger partial charge in [0.25, 0.3) is 5.91 Å². The van der Waals surface area contributed by atoms with Crippen molar-refractivity contribution in [2.24, 2.45) is 0 Å². The number of nitrogens with zero attached hydrogens (tertiary/aromatic N) is 1. The fourth-order valence-corrected chi connectivity index (χ4v) is 3.30. The van der Waals surface area contributed by atoms with E-state index in [2.05, 4.69) is 4.90 Å². The number of amides is 1. The number of ketones is 1. The molecular weight excluding hydrogens is 368 g/mol. The summed E-state index contributed by atoms with van der Waals surface area (Å²) in [6.45, 7) is 4.87. The van der Waals surface area contributed by atoms with Crippen LogP contribution in [0, 0.1) is 6.92 Å². The van der Waals surface area contributed by atoms with Crippen molar-refractivity contribution < 1.29 is 19.5 Å². The van der Waals surface area contributed by atoms with Gasteiger partial charge in [0, 0.05) is 24.7 Å². The highest BCUT2D eigenvalue weighted by Gasteiger charge is 2.19. The number of nitrogens with one attached hydrogen (secondary N) is 1. The first kappa shape index (κ1) is 20.5. The molecule has 0 radical (unpaired) electrons. The lowest BCUT2D eigenvalue weighted by atomic mass is 10.0. The first-order chi connectivity index (χ1) is 14.1. The summed E-state index contributed by atoms with van der Waals surface area (Å²) in [6, 6.07) is 13.2. The maximum Gasteiger partial charge on any atom is 0.267 e. The number of anilines is 1. The van der Waals surface area contributed by atoms with Gasteiger partial charge in [-0.1, -0.05) is 36.4 Å². The van der Waals surface area contributed by atoms with E-state index in [4.69, 9.17) is 9.94 Å². The van der Waals surface area contributed by atoms with Crippen LogP contribution in [0.2, 0.25) is 0 Å². The van der Waals surface area contributed by atoms with Gasteiger partial charge in [-0.15, -0.1) is 0 Å². The molecule has 1 amide bonds. The van der Waals surface area contributed by atoms with Crippen molar-refractivity contribution in [2.75, 3.05) is 31.2 Å². The van der Waals surface area contributed by atoms with Crippen LogP contribution in [0.3, 0.4) is 0 Å². The van der Waals surface area contributed by atoms with Crippen molar-refractivity contribution in [3.05, 3.63) is 76.9 Å². The van der Waals surface area contributed by atoms with Gasteiger partial charge in [0.05, 0.1) is 18.9 Å². The van der Waals surface area contributed by atoms with E-state index in [1.54, 1.807) is 23.7 Å². The monoisotopic (exact) mass is 392 g/mol. The Morgan fingerprint density at radius 2 is 1.69 bits per heavy atom. The zero-order valence-corrected chi connectivity index (χ0v) is 16.3. The number of benzene rings is 2. The summed E-state index contributed by atoms with van der Waals surface area (Å²) < 4.78 is 5.43. The second kappa shape index (κ2) is 9.82. The van der Waals surface area contributed by atoms with E-state index in [-0.39, 0.29) is 5.78 Å². The number of aryl methyl sites for hydroxylation is 1. The van der Waals surface area contributed by atoms with Crippen LogP contribution < -0.4 is 10.4 Å². The molecule has 0 aliphatic carbocycles. The third-order valence-corrected chi connectivity index (χ3v) is 4.71. The fourth-order valence-electron chi connectivity index (χ4n) is 3.30. The number of para-hydroxylation sites is 1. The van der Waals surface area contributed by atoms with Gasteiger partial charge in [0.15, 0.2) is 5.78 Å². The largest absolute Gasteiger partial charge is 0.378 e. The third-order valence-electron chi connectivity index (χ3n) is 4.71. The Morgan fingerprint density at radius 1 is 1.03 bits per heavy atom. The number of hydrogen-bond donors (Lipinski definition) is 2. The SMILES string of the molecule is Cc1cccc(C(=O)C=Cc2cccc(C=CC(=O)NO)c2)c1N1CCOCC1. The Morgan fingerprint density at radius 3 is 2.38 bits per heavy atom. The highest BCUT2D eigenvalue weighted by Crippen LogP contribution is 2.27. The molecule has 2 aromatic rings. The van der Waals surface area contributed by atoms with Crippen LogP contribution in [0.1, 0.15) is 27.0 Å². The van der Waals surface area contributed by atoms with Crippen molar-refractivity contribution in [3.63, 3.8) is 0 Å². The molecule has 0 atom stereocenters. The van der Waals surface area contributed by atoms with Gasteiger partial charge >= 0.3 is 0 Å². The number of allylic oxidation sites excluding steroid dienone is 1. The summed E-state index contributed by atoms with van der Waals surface area (Å²) in [5.41, 5.74) is 5.89. The van der Waals surface area contributed by atoms with Crippen molar-refractivity contribution in [1.82, 2.24) is 5.48 Å². The molecule has 1 aliphatic rings. The van der Waals surface area contributed by atoms with E-state index >= 15 is 0 Å². The van der Waals surface area contributed by atoms with E-state index in [1.165, 1.54) is 6.08 Å². The molecule has 2 aromatic carbocycles. The maximum atomic E-state index is 12.9. The van der Waals surface area contributed by atoms with Crippen LogP contribution >= 0.6 is 0 Å². The smallest absolute Gasteiger partial charge is 0.267 e. The minimum Gasteiger partial charge on any atom is -0.378 e. The Hall–Kier alpha value is -3.22. The summed E-state index contributed by atoms with van der Waals surface area (Å²) in [5.74, 6) is -0.660. The van der Waals surface area contributed by atoms with Crippen molar-refractivity contribution >= 4 is 29.5 Å². The predicted molar refractivity (Wildman–Crippen MR) is 113 cm³/mol. The number of hydroxylamine groups is 1. The molecule has 3 rings (SSSR count). The molecule has 1 fully saturated rings. The molecule has 0 saturated carbocycles. The van der Waals surface area contributed by atoms with Crippen LogP contribution in [0.25, 0.3) is 12.2 Å². The first-order valence-electron chi connectivity index (χ1n) is 9.45. The lowest BCUT2D eigenvalue weighted by molar-refractivity contribution is -0.124. The van der Waals surface area contributed by atoms with E-state index < -0.39 is 5.91 Å². The average molecular weight is 392 g/mol. The standard InChI is InChI=1S/C23H24N2O4/c1-17-4-2-7-20(23(17)25-12-14-29-15-13-25)21(26)10-8-18-5-3-6-19(16-18)9-11-22(27)24-28/h2-11,16,28H,12-15H2,1H3,(H,24,27). The molecular formula is C23H24N2O4. The zero-order valence-electron chi connectivity index (χ0n) is 16.3. The molecule has 1 heterocycles. The Bertz CT molecular complexity index is 944. The molecule has 0 spiro atoms. The fraction of sp³-hybridized carbons (Fsp3) is 0.217. The molecule has 1 aliphatic heterocycles. The summed E-state index contributed by atoms with van der Waals surface area (Å²) >= 11 is 0. The number of rotatable bonds is 6. The minimum atomic E-state index is -0.601. The van der Waals surface area contributed by atoms with Crippen LogP contribution in [0.4, 0.5) is 5.69 Å². The molecule has 0 aromatic heterocycles. The van der Waals surface area contributed by atoms with Crippen molar-refractivity contribution in [1.29, 1.82) is 0 Å². The molecule has 6 nitrogen and oxygen atoms in total. The van der Waals surface area contributed by atoms with Crippen LogP contribution in [0.5, 0.6) is 0 Å². The van der Waals surface area contributed by atoms with E-state index in [0.29, 0.717) is 18.8 Å². The van der Waals surface area contributed by atoms with Crippen LogP contribution in [0.15, 0.2) is 54.6 Å². The minimum absolute atomic E-state index is 0.0594. The van der Waals surface area contributed by atoms with Gasteiger partial charge in [-0.3, -0.25) is 14.8 Å². The Balaban J connectivity index is 1.80.